The molecule has 1 aliphatic carbocycles. The standard InChI is InChI=1S/C25H36N2O5/c1-28-15-16-31-17-18-32-21-9-7-20(8-10-21)25(12-5-4-6-13-25)27-22-11-14-26-23(19-29-2)24(22)30-3/h7-11,14H,4-6,12-13,15-19H2,1-3H3,(H,26,27). The van der Waals surface area contributed by atoms with Crippen LogP contribution in [0.25, 0.3) is 0 Å². The second-order valence-corrected chi connectivity index (χ2v) is 8.02. The molecule has 7 heteroatoms. The van der Waals surface area contributed by atoms with Crippen LogP contribution >= 0.6 is 0 Å². The van der Waals surface area contributed by atoms with Gasteiger partial charge in [-0.25, -0.2) is 0 Å². The fourth-order valence-electron chi connectivity index (χ4n) is 4.29. The van der Waals surface area contributed by atoms with Gasteiger partial charge in [-0.15, -0.1) is 0 Å². The van der Waals surface area contributed by atoms with E-state index in [0.29, 0.717) is 33.0 Å². The number of pyridine rings is 1. The van der Waals surface area contributed by atoms with Crippen molar-refractivity contribution in [2.45, 2.75) is 44.2 Å². The molecule has 0 atom stereocenters. The fraction of sp³-hybridized carbons (Fsp3) is 0.560. The number of nitrogens with one attached hydrogen (secondary N) is 1. The molecule has 32 heavy (non-hydrogen) atoms. The van der Waals surface area contributed by atoms with Gasteiger partial charge in [0.1, 0.15) is 18.1 Å². The van der Waals surface area contributed by atoms with Gasteiger partial charge in [0.2, 0.25) is 0 Å². The summed E-state index contributed by atoms with van der Waals surface area (Å²) in [6.45, 7) is 2.65. The molecule has 7 nitrogen and oxygen atoms in total. The van der Waals surface area contributed by atoms with Crippen molar-refractivity contribution in [1.29, 1.82) is 0 Å². The molecular formula is C25H36N2O5. The molecule has 0 aliphatic heterocycles. The van der Waals surface area contributed by atoms with Crippen molar-refractivity contribution in [3.05, 3.63) is 47.8 Å². The van der Waals surface area contributed by atoms with Gasteiger partial charge >= 0.3 is 0 Å². The average molecular weight is 445 g/mol. The zero-order valence-electron chi connectivity index (χ0n) is 19.5. The van der Waals surface area contributed by atoms with Crippen LogP contribution in [-0.4, -0.2) is 52.7 Å². The number of hydrogen-bond acceptors (Lipinski definition) is 7. The highest BCUT2D eigenvalue weighted by molar-refractivity contribution is 5.60. The van der Waals surface area contributed by atoms with E-state index in [1.807, 2.05) is 18.2 Å². The Morgan fingerprint density at radius 2 is 1.62 bits per heavy atom. The molecule has 0 radical (unpaired) electrons. The molecule has 1 heterocycles. The summed E-state index contributed by atoms with van der Waals surface area (Å²) < 4.78 is 27.3. The average Bonchev–Trinajstić information content (AvgIpc) is 2.83. The molecule has 1 aromatic heterocycles. The van der Waals surface area contributed by atoms with Gasteiger partial charge in [0.25, 0.3) is 0 Å². The van der Waals surface area contributed by atoms with Crippen molar-refractivity contribution in [2.75, 3.05) is 53.1 Å². The van der Waals surface area contributed by atoms with E-state index in [9.17, 15) is 0 Å². The number of ether oxygens (including phenoxy) is 5. The highest BCUT2D eigenvalue weighted by Gasteiger charge is 2.34. The number of rotatable bonds is 13. The number of methoxy groups -OCH3 is 3. The first-order valence-electron chi connectivity index (χ1n) is 11.3. The lowest BCUT2D eigenvalue weighted by Gasteiger charge is -2.40. The van der Waals surface area contributed by atoms with E-state index in [1.54, 1.807) is 27.5 Å². The summed E-state index contributed by atoms with van der Waals surface area (Å²) in [7, 11) is 5.01. The number of nitrogens with zero attached hydrogens (tertiary/aromatic N) is 1. The minimum Gasteiger partial charge on any atom is -0.493 e. The quantitative estimate of drug-likeness (QED) is 0.455. The second kappa shape index (κ2) is 12.6. The van der Waals surface area contributed by atoms with Crippen molar-refractivity contribution in [3.8, 4) is 11.5 Å². The number of hydrogen-bond donors (Lipinski definition) is 1. The van der Waals surface area contributed by atoms with Gasteiger partial charge in [0.05, 0.1) is 44.8 Å². The maximum atomic E-state index is 5.83. The van der Waals surface area contributed by atoms with Crippen LogP contribution in [0.1, 0.15) is 43.4 Å². The predicted molar refractivity (Wildman–Crippen MR) is 125 cm³/mol. The summed E-state index contributed by atoms with van der Waals surface area (Å²) in [5, 5.41) is 3.83. The Morgan fingerprint density at radius 3 is 2.31 bits per heavy atom. The molecule has 176 valence electrons. The Morgan fingerprint density at radius 1 is 0.875 bits per heavy atom. The Bertz CT molecular complexity index is 806. The minimum absolute atomic E-state index is 0.154. The third-order valence-corrected chi connectivity index (χ3v) is 5.88. The van der Waals surface area contributed by atoms with Crippen LogP contribution in [-0.2, 0) is 26.4 Å². The van der Waals surface area contributed by atoms with Gasteiger partial charge in [-0.3, -0.25) is 4.98 Å². The highest BCUT2D eigenvalue weighted by Crippen LogP contribution is 2.42. The van der Waals surface area contributed by atoms with E-state index in [1.165, 1.54) is 24.8 Å². The molecule has 1 aromatic carbocycles. The van der Waals surface area contributed by atoms with Crippen molar-refractivity contribution < 1.29 is 23.7 Å². The van der Waals surface area contributed by atoms with Crippen molar-refractivity contribution in [1.82, 2.24) is 4.98 Å². The van der Waals surface area contributed by atoms with Crippen LogP contribution in [0.3, 0.4) is 0 Å². The van der Waals surface area contributed by atoms with E-state index >= 15 is 0 Å². The second-order valence-electron chi connectivity index (χ2n) is 8.02. The maximum absolute atomic E-state index is 5.83. The largest absolute Gasteiger partial charge is 0.493 e. The van der Waals surface area contributed by atoms with Crippen LogP contribution in [0.15, 0.2) is 36.5 Å². The summed E-state index contributed by atoms with van der Waals surface area (Å²) >= 11 is 0. The molecule has 0 spiro atoms. The molecule has 0 saturated heterocycles. The molecule has 0 unspecified atom stereocenters. The first-order valence-corrected chi connectivity index (χ1v) is 11.3. The predicted octanol–water partition coefficient (Wildman–Crippen LogP) is 4.55. The van der Waals surface area contributed by atoms with E-state index in [4.69, 9.17) is 23.7 Å². The summed E-state index contributed by atoms with van der Waals surface area (Å²) in [4.78, 5) is 4.43. The highest BCUT2D eigenvalue weighted by atomic mass is 16.5. The molecular weight excluding hydrogens is 408 g/mol. The number of anilines is 1. The van der Waals surface area contributed by atoms with Crippen LogP contribution in [0.2, 0.25) is 0 Å². The van der Waals surface area contributed by atoms with E-state index in [0.717, 1.165) is 35.7 Å². The van der Waals surface area contributed by atoms with Crippen molar-refractivity contribution in [2.24, 2.45) is 0 Å². The summed E-state index contributed by atoms with van der Waals surface area (Å²) in [5.74, 6) is 1.59. The molecule has 3 rings (SSSR count). The molecule has 1 N–H and O–H groups in total. The van der Waals surface area contributed by atoms with E-state index in [2.05, 4.69) is 22.4 Å². The van der Waals surface area contributed by atoms with Crippen LogP contribution in [0.4, 0.5) is 5.69 Å². The Kier molecular flexibility index (Phi) is 9.59. The zero-order chi connectivity index (χ0) is 22.7. The summed E-state index contributed by atoms with van der Waals surface area (Å²) in [5.41, 5.74) is 2.85. The van der Waals surface area contributed by atoms with Gasteiger partial charge in [0, 0.05) is 20.4 Å². The Labute approximate surface area is 191 Å². The molecule has 1 aliphatic rings. The van der Waals surface area contributed by atoms with Gasteiger partial charge in [-0.2, -0.15) is 0 Å². The fourth-order valence-corrected chi connectivity index (χ4v) is 4.29. The first kappa shape index (κ1) is 24.3. The Balaban J connectivity index is 1.73. The lowest BCUT2D eigenvalue weighted by molar-refractivity contribution is 0.0544. The molecule has 1 fully saturated rings. The van der Waals surface area contributed by atoms with Crippen LogP contribution < -0.4 is 14.8 Å². The van der Waals surface area contributed by atoms with E-state index in [-0.39, 0.29) is 5.54 Å². The third kappa shape index (κ3) is 6.34. The summed E-state index contributed by atoms with van der Waals surface area (Å²) in [6.07, 6.45) is 7.56. The van der Waals surface area contributed by atoms with Gasteiger partial charge in [0.15, 0.2) is 5.75 Å². The molecule has 2 aromatic rings. The van der Waals surface area contributed by atoms with E-state index < -0.39 is 0 Å². The summed E-state index contributed by atoms with van der Waals surface area (Å²) in [6, 6.07) is 10.4. The van der Waals surface area contributed by atoms with Crippen molar-refractivity contribution >= 4 is 5.69 Å². The lowest BCUT2D eigenvalue weighted by Crippen LogP contribution is -2.37. The maximum Gasteiger partial charge on any atom is 0.165 e. The lowest BCUT2D eigenvalue weighted by atomic mass is 9.76. The first-order chi connectivity index (χ1) is 15.7. The van der Waals surface area contributed by atoms with Gasteiger partial charge < -0.3 is 29.0 Å². The zero-order valence-corrected chi connectivity index (χ0v) is 19.5. The molecule has 0 amide bonds. The monoisotopic (exact) mass is 444 g/mol. The Hall–Kier alpha value is -2.35. The molecule has 0 bridgehead atoms. The van der Waals surface area contributed by atoms with Gasteiger partial charge in [-0.1, -0.05) is 31.4 Å². The molecule has 1 saturated carbocycles. The van der Waals surface area contributed by atoms with Crippen LogP contribution in [0.5, 0.6) is 11.5 Å². The SMILES string of the molecule is COCCOCCOc1ccc(C2(Nc3ccnc(COC)c3OC)CCCCC2)cc1. The smallest absolute Gasteiger partial charge is 0.165 e. The topological polar surface area (TPSA) is 71.1 Å². The van der Waals surface area contributed by atoms with Crippen LogP contribution in [0, 0.1) is 0 Å². The third-order valence-electron chi connectivity index (χ3n) is 5.88. The van der Waals surface area contributed by atoms with Crippen molar-refractivity contribution in [3.63, 3.8) is 0 Å². The normalized spacial score (nSPS) is 15.3. The number of aromatic nitrogens is 1. The minimum atomic E-state index is -0.154. The van der Waals surface area contributed by atoms with Gasteiger partial charge in [-0.05, 0) is 36.6 Å². The number of benzene rings is 1.